The smallest absolute Gasteiger partial charge is 0.416 e. The Morgan fingerprint density at radius 3 is 2.04 bits per heavy atom. The maximum absolute atomic E-state index is 13.7. The van der Waals surface area contributed by atoms with Gasteiger partial charge in [0.05, 0.1) is 17.7 Å². The Kier molecular flexibility index (Phi) is 13.2. The maximum atomic E-state index is 13.7. The average Bonchev–Trinajstić information content (AvgIpc) is 3.04. The molecule has 3 N–H and O–H groups in total. The summed E-state index contributed by atoms with van der Waals surface area (Å²) in [6.45, 7) is 3.38. The van der Waals surface area contributed by atoms with Gasteiger partial charge in [-0.3, -0.25) is 9.79 Å². The van der Waals surface area contributed by atoms with E-state index >= 15 is 0 Å². The summed E-state index contributed by atoms with van der Waals surface area (Å²) in [6, 6.07) is 0.199. The van der Waals surface area contributed by atoms with Crippen LogP contribution in [0.3, 0.4) is 0 Å². The number of alkyl halides is 6. The fraction of sp³-hybridized carbons (Fsp3) is 0.531. The van der Waals surface area contributed by atoms with Crippen LogP contribution < -0.4 is 10.6 Å². The molecule has 1 unspecified atom stereocenters. The number of piperidine rings is 1. The molecule has 0 bridgehead atoms. The van der Waals surface area contributed by atoms with Crippen LogP contribution in [0.15, 0.2) is 41.8 Å². The largest absolute Gasteiger partial charge is 0.481 e. The zero-order chi connectivity index (χ0) is 35.6. The van der Waals surface area contributed by atoms with Gasteiger partial charge in [0.2, 0.25) is 5.95 Å². The summed E-state index contributed by atoms with van der Waals surface area (Å²) in [7, 11) is 1.54. The predicted molar refractivity (Wildman–Crippen MR) is 167 cm³/mol. The molecular weight excluding hydrogens is 646 g/mol. The molecule has 1 saturated heterocycles. The molecular formula is C32H40F6N6O4. The van der Waals surface area contributed by atoms with Crippen molar-refractivity contribution < 1.29 is 45.8 Å². The molecule has 1 amide bonds. The van der Waals surface area contributed by atoms with Crippen LogP contribution in [0, 0.1) is 0 Å². The molecule has 3 rings (SSSR count). The third-order valence-corrected chi connectivity index (χ3v) is 8.16. The van der Waals surface area contributed by atoms with Gasteiger partial charge >= 0.3 is 24.4 Å². The number of hydrogen-bond acceptors (Lipinski definition) is 8. The second kappa shape index (κ2) is 16.6. The molecule has 48 heavy (non-hydrogen) atoms. The molecule has 2 heterocycles. The lowest BCUT2D eigenvalue weighted by Gasteiger charge is -2.47. The van der Waals surface area contributed by atoms with Crippen LogP contribution in [0.25, 0.3) is 5.57 Å². The number of aliphatic imine (C=N–C) groups is 1. The molecule has 16 heteroatoms. The van der Waals surface area contributed by atoms with Gasteiger partial charge in [-0.2, -0.15) is 26.3 Å². The molecule has 0 radical (unpaired) electrons. The van der Waals surface area contributed by atoms with E-state index in [0.717, 1.165) is 0 Å². The molecule has 2 aromatic rings. The number of hydrogen-bond donors (Lipinski definition) is 2. The Balaban J connectivity index is 2.01. The molecule has 10 nitrogen and oxygen atoms in total. The van der Waals surface area contributed by atoms with Crippen LogP contribution in [0.2, 0.25) is 0 Å². The lowest BCUT2D eigenvalue weighted by molar-refractivity contribution is -0.143. The number of likely N-dealkylation sites (tertiary alicyclic amines) is 1. The van der Waals surface area contributed by atoms with Crippen LogP contribution in [0.1, 0.15) is 81.0 Å². The minimum Gasteiger partial charge on any atom is -0.481 e. The second-order valence-electron chi connectivity index (χ2n) is 11.4. The number of carbonyl (C=O) groups is 2. The monoisotopic (exact) mass is 686 g/mol. The number of amides is 1. The molecule has 1 aliphatic rings. The maximum Gasteiger partial charge on any atom is 0.416 e. The van der Waals surface area contributed by atoms with E-state index in [9.17, 15) is 35.9 Å². The number of unbranched alkanes of at least 4 members (excludes halogenated alkanes) is 1. The van der Waals surface area contributed by atoms with E-state index in [2.05, 4.69) is 15.0 Å². The first-order valence-corrected chi connectivity index (χ1v) is 15.5. The van der Waals surface area contributed by atoms with Gasteiger partial charge in [-0.25, -0.2) is 14.8 Å². The van der Waals surface area contributed by atoms with Crippen molar-refractivity contribution >= 4 is 29.8 Å². The van der Waals surface area contributed by atoms with Gasteiger partial charge in [0.25, 0.3) is 0 Å². The topological polar surface area (TPSA) is 134 Å². The van der Waals surface area contributed by atoms with E-state index in [1.807, 2.05) is 13.8 Å². The molecule has 264 valence electrons. The normalized spacial score (nSPS) is 19.1. The van der Waals surface area contributed by atoms with Crippen molar-refractivity contribution in [1.29, 1.82) is 0 Å². The second-order valence-corrected chi connectivity index (χ2v) is 11.4. The Morgan fingerprint density at radius 1 is 1.02 bits per heavy atom. The lowest BCUT2D eigenvalue weighted by Crippen LogP contribution is -2.57. The number of halogens is 6. The highest BCUT2D eigenvalue weighted by Gasteiger charge is 2.41. The minimum absolute atomic E-state index is 0.0320. The summed E-state index contributed by atoms with van der Waals surface area (Å²) in [5.41, 5.74) is 3.57. The molecule has 1 aromatic carbocycles. The summed E-state index contributed by atoms with van der Waals surface area (Å²) in [4.78, 5) is 40.0. The van der Waals surface area contributed by atoms with Crippen molar-refractivity contribution in [3.63, 3.8) is 0 Å². The summed E-state index contributed by atoms with van der Waals surface area (Å²) in [6.07, 6.45) is -2.74. The van der Waals surface area contributed by atoms with E-state index in [-0.39, 0.29) is 49.2 Å². The first-order chi connectivity index (χ1) is 22.6. The highest BCUT2D eigenvalue weighted by molar-refractivity contribution is 6.09. The first kappa shape index (κ1) is 38.1. The fourth-order valence-electron chi connectivity index (χ4n) is 5.78. The fourth-order valence-corrected chi connectivity index (χ4v) is 5.78. The predicted octanol–water partition coefficient (Wildman–Crippen LogP) is 6.93. The number of aliphatic carboxylic acids is 1. The van der Waals surface area contributed by atoms with Crippen molar-refractivity contribution in [2.45, 2.75) is 95.8 Å². The number of aromatic nitrogens is 2. The summed E-state index contributed by atoms with van der Waals surface area (Å²) >= 11 is 0. The minimum atomic E-state index is -5.02. The number of anilines is 1. The van der Waals surface area contributed by atoms with Crippen LogP contribution in [-0.2, 0) is 28.4 Å². The van der Waals surface area contributed by atoms with Crippen molar-refractivity contribution in [2.75, 3.05) is 18.6 Å². The van der Waals surface area contributed by atoms with Gasteiger partial charge in [-0.15, -0.1) is 0 Å². The van der Waals surface area contributed by atoms with E-state index in [0.29, 0.717) is 61.8 Å². The number of ether oxygens (including phenoxy) is 1. The van der Waals surface area contributed by atoms with E-state index in [1.165, 1.54) is 24.8 Å². The van der Waals surface area contributed by atoms with Gasteiger partial charge < -0.3 is 25.4 Å². The molecule has 3 atom stereocenters. The van der Waals surface area contributed by atoms with Gasteiger partial charge in [-0.05, 0) is 62.3 Å². The number of rotatable bonds is 13. The van der Waals surface area contributed by atoms with Crippen LogP contribution >= 0.6 is 0 Å². The number of carboxylic acids is 1. The van der Waals surface area contributed by atoms with Crippen molar-refractivity contribution in [3.05, 3.63) is 59.0 Å². The summed E-state index contributed by atoms with van der Waals surface area (Å²) in [5, 5.41) is 8.83. The zero-order valence-corrected chi connectivity index (χ0v) is 26.9. The van der Waals surface area contributed by atoms with E-state index in [4.69, 9.17) is 15.6 Å². The summed E-state index contributed by atoms with van der Waals surface area (Å²) < 4.78 is 87.9. The number of carbonyl (C=O) groups excluding carboxylic acids is 1. The number of carboxylic acid groups (broad SMARTS) is 1. The molecule has 0 saturated carbocycles. The quantitative estimate of drug-likeness (QED) is 0.132. The third-order valence-electron chi connectivity index (χ3n) is 8.16. The standard InChI is InChI=1S/C32H40F6N6O4/c1-4-25-13-27(14-26(5-2)44(25)30(47)48-9-7-6-8-28(45)46)43(29-41-17-22(18-42-29)21(15-39)16-40-3)19-20-10-23(31(33,34)35)12-24(11-20)32(36,37)38/h10-12,15-18,25-27H,4-9,13-14,19,39H2,1-3H3,(H,45,46)/t25-,26+,27?. The summed E-state index contributed by atoms with van der Waals surface area (Å²) in [5.74, 6) is -0.881. The highest BCUT2D eigenvalue weighted by Crippen LogP contribution is 2.38. The van der Waals surface area contributed by atoms with Gasteiger partial charge in [0.15, 0.2) is 0 Å². The molecule has 1 fully saturated rings. The molecule has 0 aliphatic carbocycles. The van der Waals surface area contributed by atoms with Crippen LogP contribution in [0.5, 0.6) is 0 Å². The first-order valence-electron chi connectivity index (χ1n) is 15.5. The lowest BCUT2D eigenvalue weighted by atomic mass is 9.87. The average molecular weight is 687 g/mol. The van der Waals surface area contributed by atoms with Crippen LogP contribution in [-0.4, -0.2) is 70.0 Å². The Morgan fingerprint density at radius 2 is 1.58 bits per heavy atom. The molecule has 1 aliphatic heterocycles. The Bertz CT molecular complexity index is 1400. The van der Waals surface area contributed by atoms with Crippen molar-refractivity contribution in [2.24, 2.45) is 10.7 Å². The van der Waals surface area contributed by atoms with Crippen LogP contribution in [0.4, 0.5) is 37.1 Å². The third kappa shape index (κ3) is 10.1. The van der Waals surface area contributed by atoms with Crippen molar-refractivity contribution in [3.8, 4) is 0 Å². The Labute approximate surface area is 274 Å². The van der Waals surface area contributed by atoms with Gasteiger partial charge in [0, 0.05) is 74.1 Å². The van der Waals surface area contributed by atoms with E-state index < -0.39 is 41.6 Å². The van der Waals surface area contributed by atoms with Gasteiger partial charge in [-0.1, -0.05) is 13.8 Å². The molecule has 0 spiro atoms. The van der Waals surface area contributed by atoms with Gasteiger partial charge in [0.1, 0.15) is 0 Å². The highest BCUT2D eigenvalue weighted by atomic mass is 19.4. The number of nitrogens with zero attached hydrogens (tertiary/aromatic N) is 5. The van der Waals surface area contributed by atoms with Crippen molar-refractivity contribution in [1.82, 2.24) is 14.9 Å². The SMILES string of the molecule is CC[C@@H]1CC(N(Cc2cc(C(F)(F)F)cc(C(F)(F)F)c2)c2ncc(C(C=NC)=CN)cn2)C[C@H](CC)N1C(=O)OCCCCC(=O)O. The number of nitrogens with two attached hydrogens (primary N) is 1. The zero-order valence-electron chi connectivity index (χ0n) is 26.9. The number of benzene rings is 1. The number of allylic oxidation sites excluding steroid dienone is 1. The Hall–Kier alpha value is -4.37. The van der Waals surface area contributed by atoms with E-state index in [1.54, 1.807) is 16.8 Å². The molecule has 1 aromatic heterocycles.